The van der Waals surface area contributed by atoms with Crippen molar-refractivity contribution in [1.82, 2.24) is 10.3 Å². The van der Waals surface area contributed by atoms with Crippen LogP contribution in [-0.4, -0.2) is 19.4 Å². The van der Waals surface area contributed by atoms with E-state index in [-0.39, 0.29) is 16.5 Å². The smallest absolute Gasteiger partial charge is 0.334 e. The number of nitrogens with one attached hydrogen (secondary N) is 2. The largest absolute Gasteiger partial charge is 0.416 e. The fourth-order valence-corrected chi connectivity index (χ4v) is 4.23. The second-order valence-electron chi connectivity index (χ2n) is 6.37. The highest BCUT2D eigenvalue weighted by Gasteiger charge is 2.32. The second kappa shape index (κ2) is 8.94. The molecule has 2 N–H and O–H groups in total. The molecule has 0 saturated carbocycles. The van der Waals surface area contributed by atoms with E-state index in [0.717, 1.165) is 11.6 Å². The number of nitrogens with zero attached hydrogens (tertiary/aromatic N) is 1. The molecule has 0 atom stereocenters. The number of benzene rings is 2. The second-order valence-corrected chi connectivity index (χ2v) is 8.76. The third-order valence-electron chi connectivity index (χ3n) is 4.11. The molecule has 162 valence electrons. The van der Waals surface area contributed by atoms with Crippen LogP contribution in [0.4, 0.5) is 23.7 Å². The van der Waals surface area contributed by atoms with Crippen molar-refractivity contribution in [3.05, 3.63) is 83.1 Å². The maximum Gasteiger partial charge on any atom is 0.416 e. The van der Waals surface area contributed by atoms with Gasteiger partial charge in [0.05, 0.1) is 15.4 Å². The van der Waals surface area contributed by atoms with Crippen LogP contribution >= 0.6 is 11.6 Å². The van der Waals surface area contributed by atoms with Crippen molar-refractivity contribution in [2.75, 3.05) is 5.32 Å². The highest BCUT2D eigenvalue weighted by Crippen LogP contribution is 2.34. The molecule has 11 heteroatoms. The number of carbonyl (C=O) groups is 1. The summed E-state index contributed by atoms with van der Waals surface area (Å²) in [5.41, 5.74) is -0.0781. The number of urea groups is 1. The van der Waals surface area contributed by atoms with E-state index >= 15 is 0 Å². The van der Waals surface area contributed by atoms with Gasteiger partial charge in [0.1, 0.15) is 0 Å². The van der Waals surface area contributed by atoms with E-state index in [9.17, 15) is 26.4 Å². The lowest BCUT2D eigenvalue weighted by atomic mass is 10.2. The average Bonchev–Trinajstić information content (AvgIpc) is 2.72. The molecule has 0 unspecified atom stereocenters. The molecule has 0 bridgehead atoms. The number of hydrogen-bond acceptors (Lipinski definition) is 4. The normalized spacial score (nSPS) is 11.7. The summed E-state index contributed by atoms with van der Waals surface area (Å²) in [5, 5.41) is 4.80. The minimum absolute atomic E-state index is 0.239. The van der Waals surface area contributed by atoms with Crippen molar-refractivity contribution in [2.24, 2.45) is 0 Å². The number of aromatic nitrogens is 1. The Hall–Kier alpha value is -3.11. The molecule has 6 nitrogen and oxygen atoms in total. The van der Waals surface area contributed by atoms with Gasteiger partial charge in [0.25, 0.3) is 0 Å². The maximum atomic E-state index is 13.0. The Morgan fingerprint density at radius 2 is 1.74 bits per heavy atom. The molecular weight excluding hydrogens is 455 g/mol. The first-order chi connectivity index (χ1) is 14.6. The van der Waals surface area contributed by atoms with Gasteiger partial charge in [-0.05, 0) is 54.1 Å². The zero-order valence-corrected chi connectivity index (χ0v) is 17.2. The third-order valence-corrected chi connectivity index (χ3v) is 6.07. The highest BCUT2D eigenvalue weighted by molar-refractivity contribution is 7.91. The van der Waals surface area contributed by atoms with E-state index in [2.05, 4.69) is 15.6 Å². The lowest BCUT2D eigenvalue weighted by molar-refractivity contribution is -0.137. The van der Waals surface area contributed by atoms with Crippen LogP contribution in [0.15, 0.2) is 76.8 Å². The van der Waals surface area contributed by atoms with Crippen molar-refractivity contribution in [3.8, 4) is 0 Å². The van der Waals surface area contributed by atoms with Gasteiger partial charge in [-0.2, -0.15) is 13.2 Å². The van der Waals surface area contributed by atoms with E-state index in [1.165, 1.54) is 24.3 Å². The first-order valence-electron chi connectivity index (χ1n) is 8.72. The maximum absolute atomic E-state index is 13.0. The van der Waals surface area contributed by atoms with Crippen LogP contribution in [0, 0.1) is 0 Å². The molecule has 3 aromatic rings. The summed E-state index contributed by atoms with van der Waals surface area (Å²) >= 11 is 5.68. The molecule has 1 heterocycles. The predicted octanol–water partition coefficient (Wildman–Crippen LogP) is 4.91. The monoisotopic (exact) mass is 469 g/mol. The molecule has 2 amide bonds. The van der Waals surface area contributed by atoms with Crippen molar-refractivity contribution in [3.63, 3.8) is 0 Å². The Morgan fingerprint density at radius 3 is 2.35 bits per heavy atom. The number of pyridine rings is 1. The summed E-state index contributed by atoms with van der Waals surface area (Å²) in [4.78, 5) is 15.1. The molecule has 0 aliphatic rings. The SMILES string of the molecule is O=C(NCc1cccnc1)Nc1ccc(S(=O)(=O)c2cc(Cl)cc(C(F)(F)F)c2)cc1. The summed E-state index contributed by atoms with van der Waals surface area (Å²) in [6, 6.07) is 10.1. The Labute approximate surface area is 181 Å². The average molecular weight is 470 g/mol. The first-order valence-corrected chi connectivity index (χ1v) is 10.6. The van der Waals surface area contributed by atoms with E-state index < -0.39 is 32.5 Å². The van der Waals surface area contributed by atoms with Gasteiger partial charge in [-0.15, -0.1) is 0 Å². The van der Waals surface area contributed by atoms with Gasteiger partial charge in [0.15, 0.2) is 0 Å². The minimum Gasteiger partial charge on any atom is -0.334 e. The Morgan fingerprint density at radius 1 is 1.03 bits per heavy atom. The number of rotatable bonds is 5. The predicted molar refractivity (Wildman–Crippen MR) is 108 cm³/mol. The first kappa shape index (κ1) is 22.6. The number of alkyl halides is 3. The number of amides is 2. The fourth-order valence-electron chi connectivity index (χ4n) is 2.60. The fraction of sp³-hybridized carbons (Fsp3) is 0.100. The van der Waals surface area contributed by atoms with E-state index in [1.54, 1.807) is 24.5 Å². The number of anilines is 1. The molecule has 0 aliphatic carbocycles. The standard InChI is InChI=1S/C20H15ClF3N3O3S/c21-15-8-14(20(22,23)24)9-18(10-15)31(29,30)17-5-3-16(4-6-17)27-19(28)26-12-13-2-1-7-25-11-13/h1-11H,12H2,(H2,26,27,28). The zero-order chi connectivity index (χ0) is 22.6. The van der Waals surface area contributed by atoms with Crippen LogP contribution in [0.3, 0.4) is 0 Å². The van der Waals surface area contributed by atoms with Crippen LogP contribution in [0.2, 0.25) is 5.02 Å². The number of carbonyl (C=O) groups excluding carboxylic acids is 1. The van der Waals surface area contributed by atoms with Crippen molar-refractivity contribution >= 4 is 33.2 Å². The third kappa shape index (κ3) is 5.74. The number of hydrogen-bond donors (Lipinski definition) is 2. The number of sulfone groups is 1. The molecule has 0 spiro atoms. The molecule has 2 aromatic carbocycles. The van der Waals surface area contributed by atoms with Crippen molar-refractivity contribution < 1.29 is 26.4 Å². The Kier molecular flexibility index (Phi) is 6.51. The molecular formula is C20H15ClF3N3O3S. The molecule has 0 aliphatic heterocycles. The Balaban J connectivity index is 1.73. The molecule has 0 fully saturated rings. The summed E-state index contributed by atoms with van der Waals surface area (Å²) in [7, 11) is -4.26. The zero-order valence-electron chi connectivity index (χ0n) is 15.7. The van der Waals surface area contributed by atoms with E-state index in [4.69, 9.17) is 11.6 Å². The van der Waals surface area contributed by atoms with E-state index in [1.807, 2.05) is 0 Å². The van der Waals surface area contributed by atoms with Crippen molar-refractivity contribution in [2.45, 2.75) is 22.5 Å². The van der Waals surface area contributed by atoms with Crippen molar-refractivity contribution in [1.29, 1.82) is 0 Å². The van der Waals surface area contributed by atoms with Gasteiger partial charge in [-0.3, -0.25) is 4.98 Å². The minimum atomic E-state index is -4.74. The number of halogens is 4. The van der Waals surface area contributed by atoms with Crippen LogP contribution in [0.1, 0.15) is 11.1 Å². The lowest BCUT2D eigenvalue weighted by Gasteiger charge is -2.11. The van der Waals surface area contributed by atoms with Crippen LogP contribution in [0.25, 0.3) is 0 Å². The van der Waals surface area contributed by atoms with Gasteiger partial charge < -0.3 is 10.6 Å². The summed E-state index contributed by atoms with van der Waals surface area (Å²) in [5.74, 6) is 0. The summed E-state index contributed by atoms with van der Waals surface area (Å²) in [6.07, 6.45) is -1.54. The van der Waals surface area contributed by atoms with Gasteiger partial charge >= 0.3 is 12.2 Å². The van der Waals surface area contributed by atoms with Gasteiger partial charge in [-0.1, -0.05) is 17.7 Å². The van der Waals surface area contributed by atoms with Crippen LogP contribution in [0.5, 0.6) is 0 Å². The molecule has 0 saturated heterocycles. The van der Waals surface area contributed by atoms with Crippen LogP contribution in [-0.2, 0) is 22.6 Å². The van der Waals surface area contributed by atoms with Gasteiger partial charge in [0.2, 0.25) is 9.84 Å². The molecule has 31 heavy (non-hydrogen) atoms. The summed E-state index contributed by atoms with van der Waals surface area (Å²) < 4.78 is 64.4. The Bertz CT molecular complexity index is 1190. The summed E-state index contributed by atoms with van der Waals surface area (Å²) in [6.45, 7) is 0.239. The molecule has 0 radical (unpaired) electrons. The topological polar surface area (TPSA) is 88.2 Å². The van der Waals surface area contributed by atoms with Gasteiger partial charge in [0, 0.05) is 29.6 Å². The van der Waals surface area contributed by atoms with Crippen LogP contribution < -0.4 is 10.6 Å². The van der Waals surface area contributed by atoms with Gasteiger partial charge in [-0.25, -0.2) is 13.2 Å². The molecule has 1 aromatic heterocycles. The molecule has 3 rings (SSSR count). The van der Waals surface area contributed by atoms with E-state index in [0.29, 0.717) is 17.8 Å². The lowest BCUT2D eigenvalue weighted by Crippen LogP contribution is -2.28. The highest BCUT2D eigenvalue weighted by atomic mass is 35.5. The quantitative estimate of drug-likeness (QED) is 0.556.